The van der Waals surface area contributed by atoms with Crippen molar-refractivity contribution in [3.8, 4) is 0 Å². The van der Waals surface area contributed by atoms with Crippen LogP contribution in [-0.2, 0) is 6.54 Å². The highest BCUT2D eigenvalue weighted by molar-refractivity contribution is 6.30. The largest absolute Gasteiger partial charge is 0.378 e. The van der Waals surface area contributed by atoms with Crippen LogP contribution in [-0.4, -0.2) is 19.6 Å². The predicted molar refractivity (Wildman–Crippen MR) is 79.0 cm³/mol. The van der Waals surface area contributed by atoms with Gasteiger partial charge in [0.15, 0.2) is 5.82 Å². The van der Waals surface area contributed by atoms with Crippen LogP contribution in [0, 0.1) is 13.8 Å². The van der Waals surface area contributed by atoms with Gasteiger partial charge in [-0.15, -0.1) is 10.2 Å². The maximum atomic E-state index is 5.86. The van der Waals surface area contributed by atoms with Gasteiger partial charge in [-0.2, -0.15) is 0 Å². The van der Waals surface area contributed by atoms with Gasteiger partial charge in [0.05, 0.1) is 6.54 Å². The van der Waals surface area contributed by atoms with Crippen molar-refractivity contribution in [1.29, 1.82) is 0 Å². The SMILES string of the molecule is Cc1cc(C)n2c(CNc3ccc(Cl)cc3)nnc2n1. The Morgan fingerprint density at radius 2 is 1.90 bits per heavy atom. The maximum absolute atomic E-state index is 5.86. The normalized spacial score (nSPS) is 10.9. The molecule has 0 bridgehead atoms. The Balaban J connectivity index is 1.86. The highest BCUT2D eigenvalue weighted by atomic mass is 35.5. The third kappa shape index (κ3) is 2.44. The fourth-order valence-corrected chi connectivity index (χ4v) is 2.29. The van der Waals surface area contributed by atoms with Crippen molar-refractivity contribution in [3.05, 3.63) is 52.6 Å². The first-order valence-corrected chi connectivity index (χ1v) is 6.69. The average Bonchev–Trinajstić information content (AvgIpc) is 2.81. The molecule has 0 fully saturated rings. The molecule has 0 atom stereocenters. The molecular formula is C14H14ClN5. The van der Waals surface area contributed by atoms with Gasteiger partial charge < -0.3 is 5.32 Å². The molecule has 2 heterocycles. The Morgan fingerprint density at radius 3 is 2.65 bits per heavy atom. The summed E-state index contributed by atoms with van der Waals surface area (Å²) in [5.74, 6) is 1.47. The summed E-state index contributed by atoms with van der Waals surface area (Å²) in [5, 5.41) is 12.3. The first kappa shape index (κ1) is 12.9. The quantitative estimate of drug-likeness (QED) is 0.804. The van der Waals surface area contributed by atoms with E-state index < -0.39 is 0 Å². The Bertz CT molecular complexity index is 748. The van der Waals surface area contributed by atoms with E-state index in [0.29, 0.717) is 12.3 Å². The summed E-state index contributed by atoms with van der Waals surface area (Å²) in [4.78, 5) is 4.37. The van der Waals surface area contributed by atoms with Crippen LogP contribution in [0.5, 0.6) is 0 Å². The van der Waals surface area contributed by atoms with Gasteiger partial charge in [-0.25, -0.2) is 4.98 Å². The summed E-state index contributed by atoms with van der Waals surface area (Å²) in [6, 6.07) is 9.58. The Hall–Kier alpha value is -2.14. The van der Waals surface area contributed by atoms with E-state index in [4.69, 9.17) is 11.6 Å². The molecule has 0 spiro atoms. The molecule has 102 valence electrons. The number of fused-ring (bicyclic) bond motifs is 1. The molecule has 0 radical (unpaired) electrons. The highest BCUT2D eigenvalue weighted by Gasteiger charge is 2.09. The first-order chi connectivity index (χ1) is 9.63. The van der Waals surface area contributed by atoms with Gasteiger partial charge >= 0.3 is 0 Å². The van der Waals surface area contributed by atoms with Crippen molar-refractivity contribution in [1.82, 2.24) is 19.6 Å². The van der Waals surface area contributed by atoms with E-state index in [9.17, 15) is 0 Å². The summed E-state index contributed by atoms with van der Waals surface area (Å²) in [6.45, 7) is 4.55. The van der Waals surface area contributed by atoms with Crippen LogP contribution in [0.25, 0.3) is 5.78 Å². The summed E-state index contributed by atoms with van der Waals surface area (Å²) in [6.07, 6.45) is 0. The van der Waals surface area contributed by atoms with E-state index >= 15 is 0 Å². The van der Waals surface area contributed by atoms with Crippen LogP contribution < -0.4 is 5.32 Å². The molecule has 3 rings (SSSR count). The molecule has 0 aliphatic heterocycles. The maximum Gasteiger partial charge on any atom is 0.255 e. The molecule has 1 N–H and O–H groups in total. The van der Waals surface area contributed by atoms with E-state index in [2.05, 4.69) is 20.5 Å². The number of aryl methyl sites for hydroxylation is 2. The summed E-state index contributed by atoms with van der Waals surface area (Å²) >= 11 is 5.86. The van der Waals surface area contributed by atoms with Crippen LogP contribution in [0.15, 0.2) is 30.3 Å². The molecule has 5 nitrogen and oxygen atoms in total. The number of aromatic nitrogens is 4. The number of halogens is 1. The molecule has 2 aromatic heterocycles. The highest BCUT2D eigenvalue weighted by Crippen LogP contribution is 2.15. The van der Waals surface area contributed by atoms with Gasteiger partial charge in [0, 0.05) is 22.1 Å². The molecule has 0 unspecified atom stereocenters. The van der Waals surface area contributed by atoms with Crippen molar-refractivity contribution in [3.63, 3.8) is 0 Å². The standard InChI is InChI=1S/C14H14ClN5/c1-9-7-10(2)20-13(18-19-14(20)17-9)8-16-12-5-3-11(15)4-6-12/h3-7,16H,8H2,1-2H3. The van der Waals surface area contributed by atoms with Crippen LogP contribution in [0.3, 0.4) is 0 Å². The molecule has 1 aromatic carbocycles. The molecule has 6 heteroatoms. The number of nitrogens with zero attached hydrogens (tertiary/aromatic N) is 4. The van der Waals surface area contributed by atoms with Crippen LogP contribution in [0.4, 0.5) is 5.69 Å². The summed E-state index contributed by atoms with van der Waals surface area (Å²) in [5.41, 5.74) is 3.01. The minimum atomic E-state index is 0.578. The third-order valence-corrected chi connectivity index (χ3v) is 3.31. The lowest BCUT2D eigenvalue weighted by Crippen LogP contribution is -2.06. The second kappa shape index (κ2) is 5.09. The van der Waals surface area contributed by atoms with E-state index in [1.807, 2.05) is 48.6 Å². The number of nitrogens with one attached hydrogen (secondary N) is 1. The Morgan fingerprint density at radius 1 is 1.15 bits per heavy atom. The minimum absolute atomic E-state index is 0.578. The first-order valence-electron chi connectivity index (χ1n) is 6.31. The molecule has 0 amide bonds. The van der Waals surface area contributed by atoms with E-state index in [1.165, 1.54) is 0 Å². The van der Waals surface area contributed by atoms with Gasteiger partial charge in [-0.1, -0.05) is 11.6 Å². The van der Waals surface area contributed by atoms with Gasteiger partial charge in [-0.05, 0) is 44.2 Å². The fourth-order valence-electron chi connectivity index (χ4n) is 2.16. The zero-order valence-electron chi connectivity index (χ0n) is 11.3. The van der Waals surface area contributed by atoms with Gasteiger partial charge in [0.25, 0.3) is 5.78 Å². The number of hydrogen-bond acceptors (Lipinski definition) is 4. The smallest absolute Gasteiger partial charge is 0.255 e. The Labute approximate surface area is 121 Å². The van der Waals surface area contributed by atoms with Crippen molar-refractivity contribution in [2.24, 2.45) is 0 Å². The second-order valence-electron chi connectivity index (χ2n) is 4.65. The lowest BCUT2D eigenvalue weighted by Gasteiger charge is -2.07. The third-order valence-electron chi connectivity index (χ3n) is 3.05. The monoisotopic (exact) mass is 287 g/mol. The second-order valence-corrected chi connectivity index (χ2v) is 5.09. The molecule has 3 aromatic rings. The van der Waals surface area contributed by atoms with Crippen LogP contribution in [0.1, 0.15) is 17.2 Å². The van der Waals surface area contributed by atoms with Crippen LogP contribution >= 0.6 is 11.6 Å². The molecule has 20 heavy (non-hydrogen) atoms. The molecule has 0 aliphatic rings. The average molecular weight is 288 g/mol. The summed E-state index contributed by atoms with van der Waals surface area (Å²) < 4.78 is 1.95. The van der Waals surface area contributed by atoms with E-state index in [-0.39, 0.29) is 0 Å². The van der Waals surface area contributed by atoms with Gasteiger partial charge in [-0.3, -0.25) is 4.40 Å². The zero-order chi connectivity index (χ0) is 14.1. The van der Waals surface area contributed by atoms with Crippen LogP contribution in [0.2, 0.25) is 5.02 Å². The van der Waals surface area contributed by atoms with Gasteiger partial charge in [0.1, 0.15) is 0 Å². The fraction of sp³-hybridized carbons (Fsp3) is 0.214. The number of rotatable bonds is 3. The van der Waals surface area contributed by atoms with Crippen molar-refractivity contribution >= 4 is 23.1 Å². The lowest BCUT2D eigenvalue weighted by molar-refractivity contribution is 0.892. The van der Waals surface area contributed by atoms with E-state index in [1.54, 1.807) is 0 Å². The number of benzene rings is 1. The minimum Gasteiger partial charge on any atom is -0.378 e. The summed E-state index contributed by atoms with van der Waals surface area (Å²) in [7, 11) is 0. The Kier molecular flexibility index (Phi) is 3.28. The molecule has 0 aliphatic carbocycles. The predicted octanol–water partition coefficient (Wildman–Crippen LogP) is 3.01. The lowest BCUT2D eigenvalue weighted by atomic mass is 10.3. The zero-order valence-corrected chi connectivity index (χ0v) is 12.0. The number of anilines is 1. The van der Waals surface area contributed by atoms with Crippen molar-refractivity contribution < 1.29 is 0 Å². The van der Waals surface area contributed by atoms with Crippen molar-refractivity contribution in [2.75, 3.05) is 5.32 Å². The number of hydrogen-bond donors (Lipinski definition) is 1. The molecule has 0 saturated heterocycles. The molecule has 0 saturated carbocycles. The topological polar surface area (TPSA) is 55.1 Å². The van der Waals surface area contributed by atoms with Gasteiger partial charge in [0.2, 0.25) is 0 Å². The van der Waals surface area contributed by atoms with E-state index in [0.717, 1.165) is 27.9 Å². The van der Waals surface area contributed by atoms with Crippen molar-refractivity contribution in [2.45, 2.75) is 20.4 Å². The molecular weight excluding hydrogens is 274 g/mol.